The second-order valence-electron chi connectivity index (χ2n) is 5.83. The van der Waals surface area contributed by atoms with Crippen LogP contribution in [0.1, 0.15) is 5.56 Å². The van der Waals surface area contributed by atoms with E-state index in [0.29, 0.717) is 16.5 Å². The third-order valence-corrected chi connectivity index (χ3v) is 4.43. The van der Waals surface area contributed by atoms with Crippen LogP contribution in [0.2, 0.25) is 5.02 Å². The summed E-state index contributed by atoms with van der Waals surface area (Å²) in [6.07, 6.45) is 0. The molecule has 0 saturated carbocycles. The molecule has 126 valence electrons. The van der Waals surface area contributed by atoms with Crippen LogP contribution in [0.3, 0.4) is 0 Å². The Morgan fingerprint density at radius 3 is 2.31 bits per heavy atom. The lowest BCUT2D eigenvalue weighted by Gasteiger charge is -2.06. The monoisotopic (exact) mass is 359 g/mol. The van der Waals surface area contributed by atoms with Crippen LogP contribution in [-0.4, -0.2) is 15.0 Å². The van der Waals surface area contributed by atoms with Gasteiger partial charge in [0.15, 0.2) is 5.95 Å². The minimum atomic E-state index is 0.328. The number of nitriles is 1. The Labute approximate surface area is 154 Å². The number of hydrogen-bond acceptors (Lipinski definition) is 3. The third kappa shape index (κ3) is 2.94. The van der Waals surface area contributed by atoms with Crippen molar-refractivity contribution in [2.24, 2.45) is 0 Å². The second-order valence-corrected chi connectivity index (χ2v) is 6.24. The lowest BCUT2D eigenvalue weighted by Crippen LogP contribution is -1.94. The van der Waals surface area contributed by atoms with E-state index in [2.05, 4.69) is 21.0 Å². The maximum atomic E-state index is 9.04. The highest BCUT2D eigenvalue weighted by Gasteiger charge is 2.05. The van der Waals surface area contributed by atoms with Crippen LogP contribution in [0.25, 0.3) is 33.2 Å². The number of H-pyrrole nitrogens is 2. The number of benzene rings is 3. The molecular formula is C20H14ClN5. The van der Waals surface area contributed by atoms with Crippen LogP contribution in [-0.2, 0) is 0 Å². The van der Waals surface area contributed by atoms with Gasteiger partial charge in [0.05, 0.1) is 32.7 Å². The average molecular weight is 360 g/mol. The quantitative estimate of drug-likeness (QED) is 0.449. The minimum Gasteiger partial charge on any atom is -0.369 e. The Hall–Kier alpha value is -3.49. The van der Waals surface area contributed by atoms with Gasteiger partial charge in [-0.3, -0.25) is 0 Å². The normalized spacial score (nSPS) is 10.6. The van der Waals surface area contributed by atoms with E-state index in [9.17, 15) is 0 Å². The maximum Gasteiger partial charge on any atom is 0.198 e. The highest BCUT2D eigenvalue weighted by atomic mass is 35.5. The molecule has 4 N–H and O–H groups in total. The van der Waals surface area contributed by atoms with Gasteiger partial charge in [0, 0.05) is 0 Å². The third-order valence-electron chi connectivity index (χ3n) is 4.12. The lowest BCUT2D eigenvalue weighted by molar-refractivity contribution is 1.27. The zero-order chi connectivity index (χ0) is 18.1. The number of aromatic amines is 2. The van der Waals surface area contributed by atoms with Gasteiger partial charge in [0.25, 0.3) is 0 Å². The van der Waals surface area contributed by atoms with Crippen LogP contribution < -0.4 is 5.73 Å². The minimum absolute atomic E-state index is 0.328. The van der Waals surface area contributed by atoms with Crippen LogP contribution in [0.15, 0.2) is 60.7 Å². The summed E-state index contributed by atoms with van der Waals surface area (Å²) in [7, 11) is 0. The van der Waals surface area contributed by atoms with Gasteiger partial charge in [-0.15, -0.1) is 0 Å². The summed E-state index contributed by atoms with van der Waals surface area (Å²) in [6.45, 7) is 0. The van der Waals surface area contributed by atoms with Gasteiger partial charge in [0.1, 0.15) is 6.07 Å². The van der Waals surface area contributed by atoms with Crippen molar-refractivity contribution in [2.75, 3.05) is 5.73 Å². The molecule has 0 saturated heterocycles. The van der Waals surface area contributed by atoms with Crippen molar-refractivity contribution in [1.29, 1.82) is 5.26 Å². The molecule has 0 fully saturated rings. The Morgan fingerprint density at radius 1 is 0.885 bits per heavy atom. The molecule has 4 aromatic rings. The molecule has 4 rings (SSSR count). The first-order valence-corrected chi connectivity index (χ1v) is 8.33. The number of para-hydroxylation sites is 2. The van der Waals surface area contributed by atoms with Crippen molar-refractivity contribution < 1.29 is 0 Å². The summed E-state index contributed by atoms with van der Waals surface area (Å²) in [5, 5.41) is 9.47. The molecule has 5 nitrogen and oxygen atoms in total. The lowest BCUT2D eigenvalue weighted by atomic mass is 10.0. The van der Waals surface area contributed by atoms with Gasteiger partial charge < -0.3 is 15.7 Å². The molecule has 0 bridgehead atoms. The fourth-order valence-corrected chi connectivity index (χ4v) is 3.06. The maximum absolute atomic E-state index is 9.04. The van der Waals surface area contributed by atoms with Gasteiger partial charge in [0.2, 0.25) is 0 Å². The molecule has 0 aliphatic carbocycles. The van der Waals surface area contributed by atoms with Crippen molar-refractivity contribution in [3.8, 4) is 17.2 Å². The van der Waals surface area contributed by atoms with Gasteiger partial charge in [-0.2, -0.15) is 5.26 Å². The number of nitrogen functional groups attached to an aromatic ring is 1. The topological polar surface area (TPSA) is 94.3 Å². The van der Waals surface area contributed by atoms with Crippen LogP contribution in [0.5, 0.6) is 0 Å². The molecule has 0 aliphatic heterocycles. The van der Waals surface area contributed by atoms with Gasteiger partial charge >= 0.3 is 0 Å². The number of rotatable bonds is 1. The number of hydrogen-bond donors (Lipinski definition) is 3. The predicted molar refractivity (Wildman–Crippen MR) is 105 cm³/mol. The van der Waals surface area contributed by atoms with E-state index in [1.165, 1.54) is 0 Å². The molecule has 0 unspecified atom stereocenters. The number of nitrogens with zero attached hydrogens (tertiary/aromatic N) is 2. The zero-order valence-electron chi connectivity index (χ0n) is 13.6. The zero-order valence-corrected chi connectivity index (χ0v) is 14.4. The highest BCUT2D eigenvalue weighted by molar-refractivity contribution is 6.32. The molecule has 0 radical (unpaired) electrons. The average Bonchev–Trinajstić information content (AvgIpc) is 2.63. The largest absolute Gasteiger partial charge is 0.369 e. The molecule has 6 heteroatoms. The van der Waals surface area contributed by atoms with Gasteiger partial charge in [-0.1, -0.05) is 35.9 Å². The standard InChI is InChI=1S/C20H14ClN5/c21-15-9-12(5-6-14(15)11-22)13-7-8-18-19(10-13)24-16-3-1-2-4-17(16)25-20(23)26-18/h1-10,24H,(H3,23,25,26). The molecule has 1 heterocycles. The molecule has 0 spiro atoms. The first-order valence-electron chi connectivity index (χ1n) is 7.95. The van der Waals surface area contributed by atoms with E-state index in [1.54, 1.807) is 12.1 Å². The van der Waals surface area contributed by atoms with Gasteiger partial charge in [-0.25, -0.2) is 4.98 Å². The first kappa shape index (κ1) is 16.0. The van der Waals surface area contributed by atoms with E-state index in [-0.39, 0.29) is 0 Å². The van der Waals surface area contributed by atoms with Crippen molar-refractivity contribution in [3.63, 3.8) is 0 Å². The Balaban J connectivity index is 1.98. The van der Waals surface area contributed by atoms with E-state index in [4.69, 9.17) is 22.6 Å². The number of aromatic nitrogens is 3. The summed E-state index contributed by atoms with van der Waals surface area (Å²) in [6, 6.07) is 21.1. The summed E-state index contributed by atoms with van der Waals surface area (Å²) >= 11 is 6.17. The van der Waals surface area contributed by atoms with Gasteiger partial charge in [-0.05, 0) is 47.5 Å². The van der Waals surface area contributed by atoms with E-state index in [0.717, 1.165) is 33.2 Å². The first-order chi connectivity index (χ1) is 12.6. The summed E-state index contributed by atoms with van der Waals surface area (Å²) in [4.78, 5) is 10.9. The van der Waals surface area contributed by atoms with Crippen LogP contribution >= 0.6 is 11.6 Å². The molecule has 3 aromatic carbocycles. The molecular weight excluding hydrogens is 346 g/mol. The number of halogens is 1. The Kier molecular flexibility index (Phi) is 3.96. The number of anilines is 1. The van der Waals surface area contributed by atoms with Crippen molar-refractivity contribution in [2.45, 2.75) is 0 Å². The Bertz CT molecular complexity index is 1230. The van der Waals surface area contributed by atoms with Crippen molar-refractivity contribution in [3.05, 3.63) is 71.2 Å². The van der Waals surface area contributed by atoms with Crippen LogP contribution in [0.4, 0.5) is 5.95 Å². The highest BCUT2D eigenvalue weighted by Crippen LogP contribution is 2.27. The van der Waals surface area contributed by atoms with E-state index < -0.39 is 0 Å². The number of fused-ring (bicyclic) bond motifs is 2. The predicted octanol–water partition coefficient (Wildman–Crippen LogP) is 4.94. The molecule has 26 heavy (non-hydrogen) atoms. The fourth-order valence-electron chi connectivity index (χ4n) is 2.84. The SMILES string of the molecule is N#Cc1ccc(-c2ccc3nc(N)[nH]c4ccccc4[nH]c3c2)cc1Cl. The number of nitrogens with one attached hydrogen (secondary N) is 2. The molecule has 0 aliphatic rings. The van der Waals surface area contributed by atoms with Crippen molar-refractivity contribution in [1.82, 2.24) is 15.0 Å². The summed E-state index contributed by atoms with van der Waals surface area (Å²) in [5.74, 6) is 0.328. The molecule has 0 amide bonds. The van der Waals surface area contributed by atoms with E-state index >= 15 is 0 Å². The summed E-state index contributed by atoms with van der Waals surface area (Å²) in [5.41, 5.74) is 11.7. The fraction of sp³-hybridized carbons (Fsp3) is 0. The number of nitrogens with two attached hydrogens (primary N) is 1. The second kappa shape index (κ2) is 6.43. The van der Waals surface area contributed by atoms with Crippen molar-refractivity contribution >= 4 is 39.6 Å². The molecule has 0 atom stereocenters. The summed E-state index contributed by atoms with van der Waals surface area (Å²) < 4.78 is 0. The Morgan fingerprint density at radius 2 is 1.58 bits per heavy atom. The van der Waals surface area contributed by atoms with E-state index in [1.807, 2.05) is 48.5 Å². The smallest absolute Gasteiger partial charge is 0.198 e. The molecule has 1 aromatic heterocycles. The van der Waals surface area contributed by atoms with Crippen LogP contribution in [0, 0.1) is 11.3 Å².